The lowest BCUT2D eigenvalue weighted by molar-refractivity contribution is -0.145. The van der Waals surface area contributed by atoms with Crippen LogP contribution in [-0.2, 0) is 14.3 Å². The van der Waals surface area contributed by atoms with E-state index in [1.54, 1.807) is 6.92 Å². The zero-order valence-electron chi connectivity index (χ0n) is 12.1. The second-order valence-electron chi connectivity index (χ2n) is 4.99. The molecule has 0 N–H and O–H groups in total. The Bertz CT molecular complexity index is 773. The second-order valence-corrected chi connectivity index (χ2v) is 5.35. The van der Waals surface area contributed by atoms with Crippen LogP contribution in [0.5, 0.6) is 0 Å². The van der Waals surface area contributed by atoms with Crippen LogP contribution in [0.3, 0.4) is 0 Å². The van der Waals surface area contributed by atoms with E-state index in [1.165, 1.54) is 28.9 Å². The standard InChI is InChI=1S/C15H12ClFN2O4/c1-8-12(15(21)23-11-6-7-22-14(11)20)13(16)19(18-8)10-4-2-9(17)3-5-10/h2-5,11H,6-7H2,1H3/t11-/m1/s1. The van der Waals surface area contributed by atoms with E-state index in [0.29, 0.717) is 17.8 Å². The van der Waals surface area contributed by atoms with Crippen LogP contribution in [0, 0.1) is 12.7 Å². The van der Waals surface area contributed by atoms with Crippen molar-refractivity contribution in [2.24, 2.45) is 0 Å². The fraction of sp³-hybridized carbons (Fsp3) is 0.267. The molecule has 1 fully saturated rings. The molecule has 1 aliphatic rings. The molecule has 1 aliphatic heterocycles. The van der Waals surface area contributed by atoms with Gasteiger partial charge in [0.05, 0.1) is 18.0 Å². The summed E-state index contributed by atoms with van der Waals surface area (Å²) in [5, 5.41) is 4.20. The molecule has 0 radical (unpaired) electrons. The Kier molecular flexibility index (Phi) is 4.04. The Labute approximate surface area is 135 Å². The van der Waals surface area contributed by atoms with Crippen LogP contribution in [0.15, 0.2) is 24.3 Å². The first kappa shape index (κ1) is 15.5. The molecule has 6 nitrogen and oxygen atoms in total. The van der Waals surface area contributed by atoms with Gasteiger partial charge in [0.1, 0.15) is 16.5 Å². The highest BCUT2D eigenvalue weighted by Crippen LogP contribution is 2.25. The molecule has 23 heavy (non-hydrogen) atoms. The van der Waals surface area contributed by atoms with Gasteiger partial charge < -0.3 is 9.47 Å². The number of cyclic esters (lactones) is 1. The van der Waals surface area contributed by atoms with Crippen LogP contribution in [-0.4, -0.2) is 34.4 Å². The maximum absolute atomic E-state index is 13.0. The van der Waals surface area contributed by atoms with E-state index in [2.05, 4.69) is 5.10 Å². The van der Waals surface area contributed by atoms with E-state index in [-0.39, 0.29) is 17.3 Å². The lowest BCUT2D eigenvalue weighted by Crippen LogP contribution is -2.23. The van der Waals surface area contributed by atoms with E-state index in [9.17, 15) is 14.0 Å². The molecular formula is C15H12ClFN2O4. The quantitative estimate of drug-likeness (QED) is 0.804. The van der Waals surface area contributed by atoms with Crippen LogP contribution in [0.1, 0.15) is 22.5 Å². The van der Waals surface area contributed by atoms with Gasteiger partial charge in [0.2, 0.25) is 6.10 Å². The minimum atomic E-state index is -0.924. The van der Waals surface area contributed by atoms with E-state index in [1.807, 2.05) is 0 Å². The fourth-order valence-corrected chi connectivity index (χ4v) is 2.61. The largest absolute Gasteiger partial charge is 0.463 e. The van der Waals surface area contributed by atoms with Gasteiger partial charge in [-0.05, 0) is 31.2 Å². The summed E-state index contributed by atoms with van der Waals surface area (Å²) < 4.78 is 24.2. The number of ether oxygens (including phenoxy) is 2. The first-order chi connectivity index (χ1) is 11.0. The van der Waals surface area contributed by atoms with Crippen molar-refractivity contribution in [2.45, 2.75) is 19.4 Å². The molecule has 2 heterocycles. The number of benzene rings is 1. The third kappa shape index (κ3) is 2.92. The van der Waals surface area contributed by atoms with Crippen LogP contribution in [0.2, 0.25) is 5.15 Å². The molecule has 0 spiro atoms. The average Bonchev–Trinajstić information content (AvgIpc) is 3.03. The number of aromatic nitrogens is 2. The number of hydrogen-bond acceptors (Lipinski definition) is 5. The second kappa shape index (κ2) is 6.00. The first-order valence-electron chi connectivity index (χ1n) is 6.86. The lowest BCUT2D eigenvalue weighted by atomic mass is 10.2. The molecule has 3 rings (SSSR count). The maximum atomic E-state index is 13.0. The fourth-order valence-electron chi connectivity index (χ4n) is 2.26. The van der Waals surface area contributed by atoms with Crippen LogP contribution < -0.4 is 0 Å². The summed E-state index contributed by atoms with van der Waals surface area (Å²) in [6.45, 7) is 1.81. The molecule has 2 aromatic rings. The summed E-state index contributed by atoms with van der Waals surface area (Å²) in [5.74, 6) is -1.71. The molecule has 120 valence electrons. The van der Waals surface area contributed by atoms with Crippen molar-refractivity contribution in [1.29, 1.82) is 0 Å². The van der Waals surface area contributed by atoms with Gasteiger partial charge in [-0.15, -0.1) is 0 Å². The molecular weight excluding hydrogens is 327 g/mol. The van der Waals surface area contributed by atoms with Gasteiger partial charge in [0, 0.05) is 6.42 Å². The van der Waals surface area contributed by atoms with Crippen molar-refractivity contribution in [1.82, 2.24) is 9.78 Å². The number of carbonyl (C=O) groups excluding carboxylic acids is 2. The minimum Gasteiger partial charge on any atom is -0.463 e. The highest BCUT2D eigenvalue weighted by molar-refractivity contribution is 6.33. The number of rotatable bonds is 3. The Morgan fingerprint density at radius 1 is 1.43 bits per heavy atom. The predicted molar refractivity (Wildman–Crippen MR) is 78.0 cm³/mol. The molecule has 8 heteroatoms. The van der Waals surface area contributed by atoms with Crippen LogP contribution in [0.25, 0.3) is 5.69 Å². The zero-order chi connectivity index (χ0) is 16.6. The van der Waals surface area contributed by atoms with Crippen LogP contribution in [0.4, 0.5) is 4.39 Å². The van der Waals surface area contributed by atoms with Gasteiger partial charge in [0.15, 0.2) is 0 Å². The van der Waals surface area contributed by atoms with Gasteiger partial charge in [-0.3, -0.25) is 0 Å². The normalized spacial score (nSPS) is 17.2. The molecule has 0 unspecified atom stereocenters. The van der Waals surface area contributed by atoms with Crippen molar-refractivity contribution < 1.29 is 23.5 Å². The van der Waals surface area contributed by atoms with Gasteiger partial charge >= 0.3 is 11.9 Å². The lowest BCUT2D eigenvalue weighted by Gasteiger charge is -2.08. The summed E-state index contributed by atoms with van der Waals surface area (Å²) in [6.07, 6.45) is -0.611. The number of hydrogen-bond donors (Lipinski definition) is 0. The number of carbonyl (C=O) groups is 2. The predicted octanol–water partition coefficient (Wildman–Crippen LogP) is 2.45. The monoisotopic (exact) mass is 338 g/mol. The Morgan fingerprint density at radius 2 is 2.13 bits per heavy atom. The summed E-state index contributed by atoms with van der Waals surface area (Å²) in [4.78, 5) is 23.6. The number of halogens is 2. The van der Waals surface area contributed by atoms with Crippen molar-refractivity contribution in [3.8, 4) is 5.69 Å². The molecule has 0 bridgehead atoms. The molecule has 1 saturated heterocycles. The number of nitrogens with zero attached hydrogens (tertiary/aromatic N) is 2. The maximum Gasteiger partial charge on any atom is 0.347 e. The van der Waals surface area contributed by atoms with Crippen molar-refractivity contribution in [3.63, 3.8) is 0 Å². The Hall–Kier alpha value is -2.41. The minimum absolute atomic E-state index is 0.0328. The van der Waals surface area contributed by atoms with E-state index in [0.717, 1.165) is 0 Å². The molecule has 1 atom stereocenters. The van der Waals surface area contributed by atoms with E-state index < -0.39 is 23.9 Å². The average molecular weight is 339 g/mol. The molecule has 0 saturated carbocycles. The van der Waals surface area contributed by atoms with Gasteiger partial charge in [0.25, 0.3) is 0 Å². The summed E-state index contributed by atoms with van der Waals surface area (Å²) in [7, 11) is 0. The van der Waals surface area contributed by atoms with E-state index in [4.69, 9.17) is 21.1 Å². The summed E-state index contributed by atoms with van der Waals surface area (Å²) in [5.41, 5.74) is 0.908. The number of esters is 2. The van der Waals surface area contributed by atoms with Crippen LogP contribution >= 0.6 is 11.6 Å². The molecule has 1 aromatic carbocycles. The highest BCUT2D eigenvalue weighted by Gasteiger charge is 2.32. The molecule has 1 aromatic heterocycles. The summed E-state index contributed by atoms with van der Waals surface area (Å²) >= 11 is 6.21. The Balaban J connectivity index is 1.89. The van der Waals surface area contributed by atoms with Gasteiger partial charge in [-0.25, -0.2) is 18.7 Å². The SMILES string of the molecule is Cc1nn(-c2ccc(F)cc2)c(Cl)c1C(=O)O[C@@H]1CCOC1=O. The summed E-state index contributed by atoms with van der Waals surface area (Å²) in [6, 6.07) is 5.48. The van der Waals surface area contributed by atoms with Crippen molar-refractivity contribution in [2.75, 3.05) is 6.61 Å². The number of aryl methyl sites for hydroxylation is 1. The third-order valence-corrected chi connectivity index (χ3v) is 3.77. The topological polar surface area (TPSA) is 70.4 Å². The van der Waals surface area contributed by atoms with E-state index >= 15 is 0 Å². The molecule has 0 aliphatic carbocycles. The highest BCUT2D eigenvalue weighted by atomic mass is 35.5. The smallest absolute Gasteiger partial charge is 0.347 e. The Morgan fingerprint density at radius 3 is 2.74 bits per heavy atom. The van der Waals surface area contributed by atoms with Crippen molar-refractivity contribution >= 4 is 23.5 Å². The first-order valence-corrected chi connectivity index (χ1v) is 7.24. The third-order valence-electron chi connectivity index (χ3n) is 3.42. The van der Waals surface area contributed by atoms with Gasteiger partial charge in [-0.2, -0.15) is 5.10 Å². The van der Waals surface area contributed by atoms with Gasteiger partial charge in [-0.1, -0.05) is 11.6 Å². The van der Waals surface area contributed by atoms with Crippen molar-refractivity contribution in [3.05, 3.63) is 46.5 Å². The zero-order valence-corrected chi connectivity index (χ0v) is 12.8. The molecule has 0 amide bonds.